The molecule has 3 heterocycles. The second kappa shape index (κ2) is 8.55. The van der Waals surface area contributed by atoms with Crippen LogP contribution in [0, 0.1) is 0 Å². The highest BCUT2D eigenvalue weighted by molar-refractivity contribution is 7.25. The van der Waals surface area contributed by atoms with Crippen LogP contribution in [0.2, 0.25) is 0 Å². The minimum absolute atomic E-state index is 0.0548. The van der Waals surface area contributed by atoms with Gasteiger partial charge in [-0.3, -0.25) is 9.36 Å². The van der Waals surface area contributed by atoms with Gasteiger partial charge < -0.3 is 10.6 Å². The van der Waals surface area contributed by atoms with Crippen LogP contribution in [0.5, 0.6) is 0 Å². The second-order valence-electron chi connectivity index (χ2n) is 5.43. The highest BCUT2D eigenvalue weighted by Crippen LogP contribution is 2.34. The highest BCUT2D eigenvalue weighted by Gasteiger charge is 2.15. The van der Waals surface area contributed by atoms with Crippen molar-refractivity contribution in [2.24, 2.45) is 5.73 Å². The first-order valence-electron chi connectivity index (χ1n) is 7.94. The number of thiophene rings is 1. The van der Waals surface area contributed by atoms with Crippen molar-refractivity contribution in [1.82, 2.24) is 14.5 Å². The lowest BCUT2D eigenvalue weighted by molar-refractivity contribution is 1.03. The SMILES string of the molecule is C/C=C/n1cnc2c(sc3nccc(N(C)C)c32)c1=O.C/C=C\CN. The van der Waals surface area contributed by atoms with Gasteiger partial charge in [0.2, 0.25) is 0 Å². The summed E-state index contributed by atoms with van der Waals surface area (Å²) in [6.45, 7) is 4.48. The predicted molar refractivity (Wildman–Crippen MR) is 108 cm³/mol. The number of fused-ring (bicyclic) bond motifs is 3. The Labute approximate surface area is 150 Å². The summed E-state index contributed by atoms with van der Waals surface area (Å²) in [7, 11) is 3.94. The van der Waals surface area contributed by atoms with Crippen molar-refractivity contribution in [2.45, 2.75) is 13.8 Å². The molecule has 132 valence electrons. The van der Waals surface area contributed by atoms with Gasteiger partial charge >= 0.3 is 0 Å². The molecule has 3 aromatic rings. The molecule has 2 N–H and O–H groups in total. The van der Waals surface area contributed by atoms with Gasteiger partial charge in [-0.15, -0.1) is 11.3 Å². The van der Waals surface area contributed by atoms with E-state index in [0.717, 1.165) is 21.4 Å². The van der Waals surface area contributed by atoms with Gasteiger partial charge in [0.1, 0.15) is 15.9 Å². The Kier molecular flexibility index (Phi) is 6.44. The lowest BCUT2D eigenvalue weighted by Crippen LogP contribution is -2.14. The van der Waals surface area contributed by atoms with Gasteiger partial charge in [-0.1, -0.05) is 18.2 Å². The molecular formula is C18H23N5OS. The van der Waals surface area contributed by atoms with Crippen LogP contribution in [0.15, 0.2) is 41.6 Å². The number of allylic oxidation sites excluding steroid dienone is 2. The number of nitrogens with zero attached hydrogens (tertiary/aromatic N) is 4. The van der Waals surface area contributed by atoms with E-state index < -0.39 is 0 Å². The van der Waals surface area contributed by atoms with Crippen LogP contribution in [-0.2, 0) is 0 Å². The van der Waals surface area contributed by atoms with Crippen molar-refractivity contribution < 1.29 is 0 Å². The van der Waals surface area contributed by atoms with Gasteiger partial charge in [-0.2, -0.15) is 0 Å². The minimum atomic E-state index is -0.0548. The van der Waals surface area contributed by atoms with E-state index in [1.54, 1.807) is 18.7 Å². The molecule has 0 aromatic carbocycles. The van der Waals surface area contributed by atoms with Gasteiger partial charge in [-0.05, 0) is 19.9 Å². The maximum Gasteiger partial charge on any atom is 0.275 e. The number of nitrogens with two attached hydrogens (primary N) is 1. The van der Waals surface area contributed by atoms with Crippen LogP contribution in [-0.4, -0.2) is 35.2 Å². The predicted octanol–water partition coefficient (Wildman–Crippen LogP) is 3.08. The van der Waals surface area contributed by atoms with Gasteiger partial charge in [0, 0.05) is 33.0 Å². The normalized spacial score (nSPS) is 11.4. The number of hydrogen-bond donors (Lipinski definition) is 1. The van der Waals surface area contributed by atoms with E-state index in [2.05, 4.69) is 9.97 Å². The molecule has 3 aromatic heterocycles. The fraction of sp³-hybridized carbons (Fsp3) is 0.278. The van der Waals surface area contributed by atoms with Crippen LogP contribution in [0.1, 0.15) is 13.8 Å². The molecule has 0 spiro atoms. The maximum absolute atomic E-state index is 12.4. The smallest absolute Gasteiger partial charge is 0.275 e. The average molecular weight is 357 g/mol. The number of aromatic nitrogens is 3. The lowest BCUT2D eigenvalue weighted by Gasteiger charge is -2.13. The van der Waals surface area contributed by atoms with Crippen molar-refractivity contribution in [3.05, 3.63) is 47.2 Å². The van der Waals surface area contributed by atoms with Crippen molar-refractivity contribution in [1.29, 1.82) is 0 Å². The monoisotopic (exact) mass is 357 g/mol. The zero-order valence-electron chi connectivity index (χ0n) is 14.9. The Morgan fingerprint density at radius 1 is 1.28 bits per heavy atom. The highest BCUT2D eigenvalue weighted by atomic mass is 32.1. The molecule has 0 aliphatic heterocycles. The third-order valence-corrected chi connectivity index (χ3v) is 4.52. The number of pyridine rings is 1. The van der Waals surface area contributed by atoms with Crippen molar-refractivity contribution >= 4 is 43.7 Å². The topological polar surface area (TPSA) is 77.0 Å². The lowest BCUT2D eigenvalue weighted by atomic mass is 10.2. The summed E-state index contributed by atoms with van der Waals surface area (Å²) >= 11 is 1.39. The van der Waals surface area contributed by atoms with Crippen molar-refractivity contribution in [3.8, 4) is 0 Å². The molecule has 0 aliphatic rings. The summed E-state index contributed by atoms with van der Waals surface area (Å²) in [6, 6.07) is 1.94. The molecule has 7 heteroatoms. The molecule has 0 fully saturated rings. The summed E-state index contributed by atoms with van der Waals surface area (Å²) in [5.74, 6) is 0. The van der Waals surface area contributed by atoms with E-state index in [1.807, 2.05) is 57.1 Å². The third-order valence-electron chi connectivity index (χ3n) is 3.45. The summed E-state index contributed by atoms with van der Waals surface area (Å²) < 4.78 is 2.13. The van der Waals surface area contributed by atoms with Gasteiger partial charge in [0.15, 0.2) is 0 Å². The Morgan fingerprint density at radius 3 is 2.60 bits per heavy atom. The quantitative estimate of drug-likeness (QED) is 0.729. The summed E-state index contributed by atoms with van der Waals surface area (Å²) in [6.07, 6.45) is 10.7. The average Bonchev–Trinajstić information content (AvgIpc) is 2.98. The molecule has 0 bridgehead atoms. The first-order valence-corrected chi connectivity index (χ1v) is 8.76. The van der Waals surface area contributed by atoms with Crippen molar-refractivity contribution in [2.75, 3.05) is 25.5 Å². The Balaban J connectivity index is 0.000000399. The molecule has 0 atom stereocenters. The van der Waals surface area contributed by atoms with E-state index in [9.17, 15) is 4.79 Å². The van der Waals surface area contributed by atoms with Crippen LogP contribution < -0.4 is 16.2 Å². The maximum atomic E-state index is 12.4. The molecule has 0 saturated heterocycles. The fourth-order valence-corrected chi connectivity index (χ4v) is 3.38. The molecule has 0 radical (unpaired) electrons. The fourth-order valence-electron chi connectivity index (χ4n) is 2.32. The number of rotatable bonds is 3. The van der Waals surface area contributed by atoms with Crippen LogP contribution >= 0.6 is 11.3 Å². The Morgan fingerprint density at radius 2 is 2.04 bits per heavy atom. The molecule has 0 aliphatic carbocycles. The molecule has 0 unspecified atom stereocenters. The van der Waals surface area contributed by atoms with E-state index in [-0.39, 0.29) is 5.56 Å². The summed E-state index contributed by atoms with van der Waals surface area (Å²) in [5.41, 5.74) is 6.75. The second-order valence-corrected chi connectivity index (χ2v) is 6.43. The number of anilines is 1. The molecule has 0 saturated carbocycles. The minimum Gasteiger partial charge on any atom is -0.377 e. The van der Waals surface area contributed by atoms with Crippen LogP contribution in [0.25, 0.3) is 26.6 Å². The van der Waals surface area contributed by atoms with Crippen molar-refractivity contribution in [3.63, 3.8) is 0 Å². The summed E-state index contributed by atoms with van der Waals surface area (Å²) in [4.78, 5) is 24.1. The van der Waals surface area contributed by atoms with Gasteiger partial charge in [0.05, 0.1) is 16.6 Å². The van der Waals surface area contributed by atoms with E-state index in [0.29, 0.717) is 11.2 Å². The molecule has 3 rings (SSSR count). The molecule has 25 heavy (non-hydrogen) atoms. The van der Waals surface area contributed by atoms with Gasteiger partial charge in [0.25, 0.3) is 5.56 Å². The van der Waals surface area contributed by atoms with Gasteiger partial charge in [-0.25, -0.2) is 9.97 Å². The molecule has 6 nitrogen and oxygen atoms in total. The third kappa shape index (κ3) is 3.94. The zero-order valence-corrected chi connectivity index (χ0v) is 15.7. The first kappa shape index (κ1) is 18.8. The molecular weight excluding hydrogens is 334 g/mol. The first-order chi connectivity index (χ1) is 12.0. The Hall–Kier alpha value is -2.51. The summed E-state index contributed by atoms with van der Waals surface area (Å²) in [5, 5.41) is 0.947. The van der Waals surface area contributed by atoms with Crippen LogP contribution in [0.4, 0.5) is 5.69 Å². The van der Waals surface area contributed by atoms with E-state index in [4.69, 9.17) is 5.73 Å². The van der Waals surface area contributed by atoms with Crippen LogP contribution in [0.3, 0.4) is 0 Å². The zero-order chi connectivity index (χ0) is 18.4. The molecule has 0 amide bonds. The standard InChI is InChI=1S/C14H14N4OS.C4H9N/c1-4-7-18-8-16-11-10-9(17(2)3)5-6-15-13(10)20-12(11)14(18)19;1-2-3-4-5/h4-8H,1-3H3;2-3H,4-5H2,1H3/b7-4+;3-2-. The van der Waals surface area contributed by atoms with E-state index >= 15 is 0 Å². The Bertz CT molecular complexity index is 969. The number of hydrogen-bond acceptors (Lipinski definition) is 6. The van der Waals surface area contributed by atoms with E-state index in [1.165, 1.54) is 15.9 Å². The largest absolute Gasteiger partial charge is 0.377 e.